The second-order valence-corrected chi connectivity index (χ2v) is 6.28. The van der Waals surface area contributed by atoms with Crippen molar-refractivity contribution in [3.8, 4) is 0 Å². The highest BCUT2D eigenvalue weighted by atomic mass is 79.9. The number of carbonyl (C=O) groups is 1. The molecule has 0 aliphatic carbocycles. The molecular formula is C21H16BrNO2. The van der Waals surface area contributed by atoms with Crippen LogP contribution in [-0.4, -0.2) is 11.7 Å². The molecule has 3 rings (SSSR count). The molecule has 0 saturated carbocycles. The molecule has 0 aliphatic heterocycles. The van der Waals surface area contributed by atoms with Gasteiger partial charge in [0.1, 0.15) is 5.71 Å². The third kappa shape index (κ3) is 4.43. The maximum absolute atomic E-state index is 12.2. The van der Waals surface area contributed by atoms with Crippen molar-refractivity contribution in [2.75, 3.05) is 0 Å². The molecule has 0 unspecified atom stereocenters. The number of nitrogens with zero attached hydrogens (tertiary/aromatic N) is 1. The first-order valence-corrected chi connectivity index (χ1v) is 8.76. The van der Waals surface area contributed by atoms with Gasteiger partial charge in [0.15, 0.2) is 0 Å². The van der Waals surface area contributed by atoms with Gasteiger partial charge < -0.3 is 4.84 Å². The highest BCUT2D eigenvalue weighted by molar-refractivity contribution is 9.09. The van der Waals surface area contributed by atoms with Crippen molar-refractivity contribution in [2.45, 2.75) is 4.83 Å². The van der Waals surface area contributed by atoms with E-state index in [1.807, 2.05) is 66.7 Å². The monoisotopic (exact) mass is 393 g/mol. The lowest BCUT2D eigenvalue weighted by molar-refractivity contribution is 0.0516. The van der Waals surface area contributed by atoms with E-state index in [0.717, 1.165) is 11.1 Å². The fourth-order valence-corrected chi connectivity index (χ4v) is 3.00. The summed E-state index contributed by atoms with van der Waals surface area (Å²) in [4.78, 5) is 17.2. The van der Waals surface area contributed by atoms with E-state index in [9.17, 15) is 4.79 Å². The smallest absolute Gasteiger partial charge is 0.312 e. The predicted octanol–water partition coefficient (Wildman–Crippen LogP) is 5.38. The topological polar surface area (TPSA) is 38.7 Å². The van der Waals surface area contributed by atoms with Gasteiger partial charge in [0.05, 0.1) is 10.4 Å². The SMILES string of the molecule is O=C(O/N=C(\c1ccccc1)[C@@H](Br)c1ccccc1)c1ccccc1. The van der Waals surface area contributed by atoms with Gasteiger partial charge in [-0.25, -0.2) is 4.79 Å². The Morgan fingerprint density at radius 3 is 1.80 bits per heavy atom. The molecule has 3 aromatic rings. The molecule has 0 radical (unpaired) electrons. The molecule has 0 fully saturated rings. The highest BCUT2D eigenvalue weighted by Gasteiger charge is 2.18. The minimum absolute atomic E-state index is 0.195. The molecule has 0 bridgehead atoms. The maximum atomic E-state index is 12.2. The third-order valence-corrected chi connectivity index (χ3v) is 4.60. The maximum Gasteiger partial charge on any atom is 0.365 e. The van der Waals surface area contributed by atoms with Crippen molar-refractivity contribution in [1.82, 2.24) is 0 Å². The van der Waals surface area contributed by atoms with Crippen LogP contribution in [0.2, 0.25) is 0 Å². The number of alkyl halides is 1. The van der Waals surface area contributed by atoms with Gasteiger partial charge in [-0.05, 0) is 17.7 Å². The van der Waals surface area contributed by atoms with Crippen LogP contribution >= 0.6 is 15.9 Å². The molecule has 124 valence electrons. The zero-order valence-electron chi connectivity index (χ0n) is 13.4. The van der Waals surface area contributed by atoms with Gasteiger partial charge in [-0.15, -0.1) is 0 Å². The minimum Gasteiger partial charge on any atom is -0.312 e. The third-order valence-electron chi connectivity index (χ3n) is 3.64. The zero-order valence-corrected chi connectivity index (χ0v) is 15.0. The first-order chi connectivity index (χ1) is 12.3. The van der Waals surface area contributed by atoms with Crippen LogP contribution in [0, 0.1) is 0 Å². The highest BCUT2D eigenvalue weighted by Crippen LogP contribution is 2.28. The second kappa shape index (κ2) is 8.40. The number of hydrogen-bond acceptors (Lipinski definition) is 3. The van der Waals surface area contributed by atoms with Gasteiger partial charge in [0.25, 0.3) is 0 Å². The molecule has 0 aliphatic rings. The zero-order chi connectivity index (χ0) is 17.5. The molecule has 1 atom stereocenters. The fourth-order valence-electron chi connectivity index (χ4n) is 2.35. The summed E-state index contributed by atoms with van der Waals surface area (Å²) < 4.78 is 0. The average molecular weight is 394 g/mol. The standard InChI is InChI=1S/C21H16BrNO2/c22-19(16-10-4-1-5-11-16)20(17-12-6-2-7-13-17)23-25-21(24)18-14-8-3-9-15-18/h1-15,19H/b23-20+/t19-/m0/s1. The van der Waals surface area contributed by atoms with Crippen LogP contribution in [0.3, 0.4) is 0 Å². The van der Waals surface area contributed by atoms with Gasteiger partial charge in [0.2, 0.25) is 0 Å². The quantitative estimate of drug-likeness (QED) is 0.252. The summed E-state index contributed by atoms with van der Waals surface area (Å²) in [6.45, 7) is 0. The van der Waals surface area contributed by atoms with Gasteiger partial charge in [0, 0.05) is 5.56 Å². The van der Waals surface area contributed by atoms with Crippen LogP contribution in [0.15, 0.2) is 96.2 Å². The number of halogens is 1. The molecule has 0 spiro atoms. The largest absolute Gasteiger partial charge is 0.365 e. The van der Waals surface area contributed by atoms with Crippen LogP contribution in [0.5, 0.6) is 0 Å². The van der Waals surface area contributed by atoms with Crippen molar-refractivity contribution < 1.29 is 9.63 Å². The first kappa shape index (κ1) is 17.1. The van der Waals surface area contributed by atoms with Crippen LogP contribution in [0.1, 0.15) is 26.3 Å². The molecule has 0 saturated heterocycles. The summed E-state index contributed by atoms with van der Waals surface area (Å²) in [6.07, 6.45) is 0. The molecule has 3 aromatic carbocycles. The Kier molecular flexibility index (Phi) is 5.75. The molecule has 4 heteroatoms. The van der Waals surface area contributed by atoms with Gasteiger partial charge in [-0.2, -0.15) is 0 Å². The lowest BCUT2D eigenvalue weighted by Crippen LogP contribution is -2.11. The van der Waals surface area contributed by atoms with Crippen molar-refractivity contribution in [1.29, 1.82) is 0 Å². The molecule has 0 N–H and O–H groups in total. The molecule has 3 nitrogen and oxygen atoms in total. The van der Waals surface area contributed by atoms with E-state index < -0.39 is 5.97 Å². The molecule has 0 amide bonds. The van der Waals surface area contributed by atoms with Crippen molar-refractivity contribution in [2.24, 2.45) is 5.16 Å². The Labute approximate surface area is 155 Å². The van der Waals surface area contributed by atoms with Crippen LogP contribution in [-0.2, 0) is 4.84 Å². The van der Waals surface area contributed by atoms with E-state index in [1.165, 1.54) is 0 Å². The fraction of sp³-hybridized carbons (Fsp3) is 0.0476. The Morgan fingerprint density at radius 1 is 0.760 bits per heavy atom. The number of oxime groups is 1. The summed E-state index contributed by atoms with van der Waals surface area (Å²) in [7, 11) is 0. The van der Waals surface area contributed by atoms with E-state index in [1.54, 1.807) is 24.3 Å². The molecular weight excluding hydrogens is 378 g/mol. The average Bonchev–Trinajstić information content (AvgIpc) is 2.70. The van der Waals surface area contributed by atoms with Gasteiger partial charge >= 0.3 is 5.97 Å². The van der Waals surface area contributed by atoms with Gasteiger partial charge in [-0.3, -0.25) is 0 Å². The van der Waals surface area contributed by atoms with Crippen LogP contribution in [0.4, 0.5) is 0 Å². The minimum atomic E-state index is -0.484. The van der Waals surface area contributed by atoms with E-state index in [0.29, 0.717) is 11.3 Å². The molecule has 0 heterocycles. The van der Waals surface area contributed by atoms with E-state index in [2.05, 4.69) is 21.1 Å². The second-order valence-electron chi connectivity index (χ2n) is 5.36. The first-order valence-electron chi connectivity index (χ1n) is 7.84. The van der Waals surface area contributed by atoms with Crippen LogP contribution < -0.4 is 0 Å². The van der Waals surface area contributed by atoms with Crippen molar-refractivity contribution >= 4 is 27.6 Å². The predicted molar refractivity (Wildman–Crippen MR) is 103 cm³/mol. The van der Waals surface area contributed by atoms with E-state index in [-0.39, 0.29) is 4.83 Å². The van der Waals surface area contributed by atoms with Crippen molar-refractivity contribution in [3.63, 3.8) is 0 Å². The number of hydrogen-bond donors (Lipinski definition) is 0. The molecule has 0 aromatic heterocycles. The lowest BCUT2D eigenvalue weighted by atomic mass is 10.0. The Balaban J connectivity index is 1.90. The molecule has 25 heavy (non-hydrogen) atoms. The summed E-state index contributed by atoms with van der Waals surface area (Å²) in [5.41, 5.74) is 3.01. The summed E-state index contributed by atoms with van der Waals surface area (Å²) in [6, 6.07) is 28.3. The summed E-state index contributed by atoms with van der Waals surface area (Å²) in [5.74, 6) is -0.484. The Morgan fingerprint density at radius 2 is 1.24 bits per heavy atom. The number of benzene rings is 3. The Bertz CT molecular complexity index is 849. The van der Waals surface area contributed by atoms with Crippen LogP contribution in [0.25, 0.3) is 0 Å². The van der Waals surface area contributed by atoms with E-state index in [4.69, 9.17) is 4.84 Å². The van der Waals surface area contributed by atoms with E-state index >= 15 is 0 Å². The lowest BCUT2D eigenvalue weighted by Gasteiger charge is -2.13. The Hall–Kier alpha value is -2.72. The van der Waals surface area contributed by atoms with Crippen molar-refractivity contribution in [3.05, 3.63) is 108 Å². The van der Waals surface area contributed by atoms with Gasteiger partial charge in [-0.1, -0.05) is 99.9 Å². The number of rotatable bonds is 5. The normalized spacial score (nSPS) is 12.4. The summed E-state index contributed by atoms with van der Waals surface area (Å²) in [5, 5.41) is 4.17. The summed E-state index contributed by atoms with van der Waals surface area (Å²) >= 11 is 3.67. The number of carbonyl (C=O) groups excluding carboxylic acids is 1.